The lowest BCUT2D eigenvalue weighted by atomic mass is 10.1. The number of H-pyrrole nitrogens is 1. The third-order valence-electron chi connectivity index (χ3n) is 4.29. The quantitative estimate of drug-likeness (QED) is 0.504. The van der Waals surface area contributed by atoms with Crippen LogP contribution in [0.4, 0.5) is 5.69 Å². The number of fused-ring (bicyclic) bond motifs is 1. The van der Waals surface area contributed by atoms with E-state index < -0.39 is 0 Å². The average molecular weight is 350 g/mol. The fourth-order valence-corrected chi connectivity index (χ4v) is 2.88. The number of aromatic nitrogens is 1. The molecular weight excluding hydrogens is 324 g/mol. The van der Waals surface area contributed by atoms with Crippen LogP contribution in [0.25, 0.3) is 10.9 Å². The molecule has 1 aromatic heterocycles. The predicted molar refractivity (Wildman–Crippen MR) is 109 cm³/mol. The van der Waals surface area contributed by atoms with Crippen LogP contribution in [0.3, 0.4) is 0 Å². The number of nitrogens with zero attached hydrogens (tertiary/aromatic N) is 2. The number of benzene rings is 2. The number of hydrogen-bond donors (Lipinski definition) is 2. The van der Waals surface area contributed by atoms with Crippen molar-refractivity contribution in [2.75, 3.05) is 27.2 Å². The molecule has 1 heterocycles. The van der Waals surface area contributed by atoms with Crippen LogP contribution in [0.15, 0.2) is 53.7 Å². The number of amidine groups is 1. The molecule has 3 aromatic rings. The predicted octanol–water partition coefficient (Wildman–Crippen LogP) is 3.71. The number of nitrogens with two attached hydrogens (primary N) is 1. The van der Waals surface area contributed by atoms with Crippen LogP contribution >= 0.6 is 0 Å². The maximum absolute atomic E-state index is 6.26. The Morgan fingerprint density at radius 1 is 1.15 bits per heavy atom. The first kappa shape index (κ1) is 18.0. The molecule has 5 heteroatoms. The van der Waals surface area contributed by atoms with Gasteiger partial charge in [-0.1, -0.05) is 0 Å². The first-order valence-electron chi connectivity index (χ1n) is 8.89. The summed E-state index contributed by atoms with van der Waals surface area (Å²) in [5.41, 5.74) is 10.4. The van der Waals surface area contributed by atoms with E-state index in [2.05, 4.69) is 47.3 Å². The molecule has 0 amide bonds. The van der Waals surface area contributed by atoms with Crippen molar-refractivity contribution in [3.8, 4) is 5.75 Å². The molecule has 0 fully saturated rings. The highest BCUT2D eigenvalue weighted by molar-refractivity contribution is 6.02. The zero-order valence-electron chi connectivity index (χ0n) is 15.6. The molecule has 2 aromatic carbocycles. The standard InChI is InChI=1S/C21H26N4O/c1-4-26-18-8-6-17(7-9-18)24-21(22)15-5-10-20-19(13-15)16(14-23-20)11-12-25(2)3/h5-10,13-14,23H,4,11-12H2,1-3H3,(H2,22,24). The van der Waals surface area contributed by atoms with Crippen molar-refractivity contribution in [3.63, 3.8) is 0 Å². The minimum absolute atomic E-state index is 0.510. The monoisotopic (exact) mass is 350 g/mol. The van der Waals surface area contributed by atoms with Gasteiger partial charge in [-0.25, -0.2) is 4.99 Å². The second-order valence-corrected chi connectivity index (χ2v) is 6.55. The van der Waals surface area contributed by atoms with Gasteiger partial charge in [0.05, 0.1) is 12.3 Å². The van der Waals surface area contributed by atoms with Crippen LogP contribution in [-0.4, -0.2) is 43.0 Å². The van der Waals surface area contributed by atoms with E-state index in [-0.39, 0.29) is 0 Å². The van der Waals surface area contributed by atoms with Gasteiger partial charge >= 0.3 is 0 Å². The maximum Gasteiger partial charge on any atom is 0.131 e. The van der Waals surface area contributed by atoms with Crippen molar-refractivity contribution in [2.24, 2.45) is 10.7 Å². The summed E-state index contributed by atoms with van der Waals surface area (Å²) >= 11 is 0. The molecular formula is C21H26N4O. The smallest absolute Gasteiger partial charge is 0.131 e. The van der Waals surface area contributed by atoms with Crippen LogP contribution in [0.2, 0.25) is 0 Å². The van der Waals surface area contributed by atoms with E-state index in [9.17, 15) is 0 Å². The van der Waals surface area contributed by atoms with Gasteiger partial charge in [0.1, 0.15) is 11.6 Å². The maximum atomic E-state index is 6.26. The summed E-state index contributed by atoms with van der Waals surface area (Å²) < 4.78 is 5.46. The normalized spacial score (nSPS) is 12.1. The van der Waals surface area contributed by atoms with Gasteiger partial charge in [0.25, 0.3) is 0 Å². The molecule has 0 spiro atoms. The number of aromatic amines is 1. The molecule has 0 saturated carbocycles. The topological polar surface area (TPSA) is 66.6 Å². The Labute approximate surface area is 154 Å². The van der Waals surface area contributed by atoms with E-state index in [4.69, 9.17) is 10.5 Å². The second-order valence-electron chi connectivity index (χ2n) is 6.55. The molecule has 26 heavy (non-hydrogen) atoms. The first-order chi connectivity index (χ1) is 12.6. The fourth-order valence-electron chi connectivity index (χ4n) is 2.88. The molecule has 136 valence electrons. The van der Waals surface area contributed by atoms with Crippen LogP contribution < -0.4 is 10.5 Å². The zero-order chi connectivity index (χ0) is 18.5. The molecule has 0 saturated heterocycles. The van der Waals surface area contributed by atoms with Crippen LogP contribution in [0.1, 0.15) is 18.1 Å². The zero-order valence-corrected chi connectivity index (χ0v) is 15.6. The Morgan fingerprint density at radius 3 is 2.62 bits per heavy atom. The van der Waals surface area contributed by atoms with Crippen molar-refractivity contribution in [3.05, 3.63) is 59.8 Å². The number of hydrogen-bond acceptors (Lipinski definition) is 3. The summed E-state index contributed by atoms with van der Waals surface area (Å²) in [6.45, 7) is 3.62. The first-order valence-corrected chi connectivity index (χ1v) is 8.89. The molecule has 3 N–H and O–H groups in total. The number of nitrogens with one attached hydrogen (secondary N) is 1. The van der Waals surface area contributed by atoms with Gasteiger partial charge in [-0.2, -0.15) is 0 Å². The van der Waals surface area contributed by atoms with Gasteiger partial charge in [0, 0.05) is 29.2 Å². The van der Waals surface area contributed by atoms with Gasteiger partial charge < -0.3 is 20.4 Å². The number of rotatable bonds is 7. The third-order valence-corrected chi connectivity index (χ3v) is 4.29. The van der Waals surface area contributed by atoms with E-state index in [1.165, 1.54) is 10.9 Å². The largest absolute Gasteiger partial charge is 0.494 e. The third kappa shape index (κ3) is 4.24. The number of ether oxygens (including phenoxy) is 1. The molecule has 0 atom stereocenters. The van der Waals surface area contributed by atoms with Crippen molar-refractivity contribution >= 4 is 22.4 Å². The highest BCUT2D eigenvalue weighted by Gasteiger charge is 2.07. The van der Waals surface area contributed by atoms with Crippen molar-refractivity contribution in [2.45, 2.75) is 13.3 Å². The summed E-state index contributed by atoms with van der Waals surface area (Å²) in [6, 6.07) is 13.8. The Bertz CT molecular complexity index is 894. The average Bonchev–Trinajstić information content (AvgIpc) is 3.04. The highest BCUT2D eigenvalue weighted by atomic mass is 16.5. The molecule has 0 radical (unpaired) electrons. The highest BCUT2D eigenvalue weighted by Crippen LogP contribution is 2.22. The van der Waals surface area contributed by atoms with E-state index in [0.29, 0.717) is 12.4 Å². The fraction of sp³-hybridized carbons (Fsp3) is 0.286. The van der Waals surface area contributed by atoms with Crippen LogP contribution in [-0.2, 0) is 6.42 Å². The Balaban J connectivity index is 1.85. The molecule has 3 rings (SSSR count). The number of aliphatic imine (C=N–C) groups is 1. The molecule has 0 bridgehead atoms. The molecule has 0 aliphatic rings. The minimum atomic E-state index is 0.510. The minimum Gasteiger partial charge on any atom is -0.494 e. The lowest BCUT2D eigenvalue weighted by Gasteiger charge is -2.08. The van der Waals surface area contributed by atoms with Gasteiger partial charge in [0.2, 0.25) is 0 Å². The van der Waals surface area contributed by atoms with Gasteiger partial charge in [0.15, 0.2) is 0 Å². The van der Waals surface area contributed by atoms with E-state index in [1.54, 1.807) is 0 Å². The Morgan fingerprint density at radius 2 is 1.92 bits per heavy atom. The van der Waals surface area contributed by atoms with Gasteiger partial charge in [-0.05, 0) is 75.5 Å². The van der Waals surface area contributed by atoms with E-state index >= 15 is 0 Å². The lowest BCUT2D eigenvalue weighted by molar-refractivity contribution is 0.340. The second kappa shape index (κ2) is 8.06. The summed E-state index contributed by atoms with van der Waals surface area (Å²) in [7, 11) is 4.17. The molecule has 0 aliphatic heterocycles. The Kier molecular flexibility index (Phi) is 5.58. The molecule has 0 aliphatic carbocycles. The molecule has 5 nitrogen and oxygen atoms in total. The molecule has 0 unspecified atom stereocenters. The number of likely N-dealkylation sites (N-methyl/N-ethyl adjacent to an activating group) is 1. The van der Waals surface area contributed by atoms with Gasteiger partial charge in [-0.15, -0.1) is 0 Å². The van der Waals surface area contributed by atoms with Crippen LogP contribution in [0, 0.1) is 0 Å². The summed E-state index contributed by atoms with van der Waals surface area (Å²) in [5, 5.41) is 1.20. The van der Waals surface area contributed by atoms with Crippen LogP contribution in [0.5, 0.6) is 5.75 Å². The van der Waals surface area contributed by atoms with E-state index in [0.717, 1.165) is 35.5 Å². The summed E-state index contributed by atoms with van der Waals surface area (Å²) in [6.07, 6.45) is 3.07. The Hall–Kier alpha value is -2.79. The SMILES string of the molecule is CCOc1ccc(N=C(N)c2ccc3[nH]cc(CCN(C)C)c3c2)cc1. The van der Waals surface area contributed by atoms with E-state index in [1.807, 2.05) is 37.3 Å². The van der Waals surface area contributed by atoms with Gasteiger partial charge in [-0.3, -0.25) is 0 Å². The van der Waals surface area contributed by atoms with Crippen molar-refractivity contribution in [1.82, 2.24) is 9.88 Å². The summed E-state index contributed by atoms with van der Waals surface area (Å²) in [5.74, 6) is 1.35. The lowest BCUT2D eigenvalue weighted by Crippen LogP contribution is -2.15. The van der Waals surface area contributed by atoms with Crippen molar-refractivity contribution < 1.29 is 4.74 Å². The van der Waals surface area contributed by atoms with Crippen molar-refractivity contribution in [1.29, 1.82) is 0 Å². The summed E-state index contributed by atoms with van der Waals surface area (Å²) in [4.78, 5) is 10.1.